The number of nitrogen functional groups attached to an aromatic ring is 1. The summed E-state index contributed by atoms with van der Waals surface area (Å²) in [5.41, 5.74) is 8.58. The highest BCUT2D eigenvalue weighted by Crippen LogP contribution is 2.18. The largest absolute Gasteiger partial charge is 0.398 e. The van der Waals surface area contributed by atoms with Crippen LogP contribution in [0, 0.1) is 19.7 Å². The fourth-order valence-corrected chi connectivity index (χ4v) is 1.75. The van der Waals surface area contributed by atoms with Crippen LogP contribution in [0.2, 0.25) is 0 Å². The number of amides is 1. The number of rotatable bonds is 2. The molecule has 98 valence electrons. The van der Waals surface area contributed by atoms with Gasteiger partial charge in [0.1, 0.15) is 11.6 Å². The van der Waals surface area contributed by atoms with Gasteiger partial charge >= 0.3 is 0 Å². The lowest BCUT2D eigenvalue weighted by molar-refractivity contribution is 0.102. The third-order valence-electron chi connectivity index (χ3n) is 2.83. The summed E-state index contributed by atoms with van der Waals surface area (Å²) in [6.45, 7) is 3.71. The van der Waals surface area contributed by atoms with Gasteiger partial charge in [0.15, 0.2) is 0 Å². The van der Waals surface area contributed by atoms with Crippen LogP contribution < -0.4 is 11.1 Å². The molecule has 0 unspecified atom stereocenters. The topological polar surface area (TPSA) is 68.0 Å². The monoisotopic (exact) mass is 259 g/mol. The van der Waals surface area contributed by atoms with Crippen molar-refractivity contribution in [2.24, 2.45) is 0 Å². The highest BCUT2D eigenvalue weighted by Gasteiger charge is 2.11. The van der Waals surface area contributed by atoms with Gasteiger partial charge < -0.3 is 11.1 Å². The lowest BCUT2D eigenvalue weighted by Gasteiger charge is -2.09. The first kappa shape index (κ1) is 13.0. The van der Waals surface area contributed by atoms with E-state index in [1.807, 2.05) is 19.9 Å². The summed E-state index contributed by atoms with van der Waals surface area (Å²) in [4.78, 5) is 15.9. The lowest BCUT2D eigenvalue weighted by atomic mass is 10.0. The second-order valence-corrected chi connectivity index (χ2v) is 4.34. The maximum Gasteiger partial charge on any atom is 0.257 e. The fourth-order valence-electron chi connectivity index (χ4n) is 1.75. The average molecular weight is 259 g/mol. The van der Waals surface area contributed by atoms with E-state index in [4.69, 9.17) is 5.73 Å². The minimum atomic E-state index is -0.450. The Morgan fingerprint density at radius 1 is 1.26 bits per heavy atom. The zero-order chi connectivity index (χ0) is 14.0. The number of carbonyl (C=O) groups is 1. The van der Waals surface area contributed by atoms with Gasteiger partial charge in [0, 0.05) is 11.3 Å². The number of benzene rings is 1. The van der Waals surface area contributed by atoms with E-state index >= 15 is 0 Å². The molecule has 19 heavy (non-hydrogen) atoms. The predicted octanol–water partition coefficient (Wildman–Crippen LogP) is 2.67. The number of anilines is 2. The Hall–Kier alpha value is -2.43. The molecule has 5 heteroatoms. The summed E-state index contributed by atoms with van der Waals surface area (Å²) in [5.74, 6) is -0.470. The fraction of sp³-hybridized carbons (Fsp3) is 0.143. The minimum absolute atomic E-state index is 0.296. The normalized spacial score (nSPS) is 10.3. The van der Waals surface area contributed by atoms with Crippen LogP contribution in [0.15, 0.2) is 30.5 Å². The number of carbonyl (C=O) groups excluding carboxylic acids is 1. The van der Waals surface area contributed by atoms with Crippen LogP contribution in [0.4, 0.5) is 15.9 Å². The van der Waals surface area contributed by atoms with E-state index in [0.29, 0.717) is 17.1 Å². The number of nitrogens with two attached hydrogens (primary N) is 1. The Morgan fingerprint density at radius 2 is 2.00 bits per heavy atom. The molecule has 1 aromatic heterocycles. The third kappa shape index (κ3) is 2.88. The van der Waals surface area contributed by atoms with Crippen LogP contribution in [0.25, 0.3) is 0 Å². The van der Waals surface area contributed by atoms with Crippen molar-refractivity contribution in [2.45, 2.75) is 13.8 Å². The van der Waals surface area contributed by atoms with Crippen molar-refractivity contribution >= 4 is 17.4 Å². The number of hydrogen-bond acceptors (Lipinski definition) is 3. The van der Waals surface area contributed by atoms with E-state index in [9.17, 15) is 9.18 Å². The third-order valence-corrected chi connectivity index (χ3v) is 2.83. The number of halogens is 1. The first-order valence-corrected chi connectivity index (χ1v) is 5.77. The molecule has 4 nitrogen and oxygen atoms in total. The van der Waals surface area contributed by atoms with Gasteiger partial charge in [-0.05, 0) is 43.2 Å². The number of pyridine rings is 1. The Labute approximate surface area is 110 Å². The Kier molecular flexibility index (Phi) is 3.46. The maximum atomic E-state index is 12.7. The van der Waals surface area contributed by atoms with Crippen molar-refractivity contribution in [3.05, 3.63) is 53.0 Å². The summed E-state index contributed by atoms with van der Waals surface area (Å²) in [6.07, 6.45) is 1.05. The molecule has 0 saturated carbocycles. The van der Waals surface area contributed by atoms with E-state index in [2.05, 4.69) is 10.3 Å². The summed E-state index contributed by atoms with van der Waals surface area (Å²) >= 11 is 0. The van der Waals surface area contributed by atoms with Gasteiger partial charge in [-0.3, -0.25) is 4.79 Å². The smallest absolute Gasteiger partial charge is 0.257 e. The number of aryl methyl sites for hydroxylation is 2. The number of aromatic nitrogens is 1. The number of nitrogens with zero attached hydrogens (tertiary/aromatic N) is 1. The van der Waals surface area contributed by atoms with Crippen LogP contribution in [-0.2, 0) is 0 Å². The molecule has 0 radical (unpaired) electrons. The first-order valence-electron chi connectivity index (χ1n) is 5.77. The van der Waals surface area contributed by atoms with Crippen LogP contribution in [0.5, 0.6) is 0 Å². The van der Waals surface area contributed by atoms with Crippen LogP contribution in [0.3, 0.4) is 0 Å². The number of hydrogen-bond donors (Lipinski definition) is 2. The molecule has 0 aliphatic heterocycles. The molecule has 1 aromatic carbocycles. The highest BCUT2D eigenvalue weighted by atomic mass is 19.1. The van der Waals surface area contributed by atoms with Gasteiger partial charge in [0.2, 0.25) is 0 Å². The number of nitrogens with one attached hydrogen (secondary N) is 1. The van der Waals surface area contributed by atoms with Crippen molar-refractivity contribution in [3.63, 3.8) is 0 Å². The van der Waals surface area contributed by atoms with Crippen molar-refractivity contribution in [1.29, 1.82) is 0 Å². The molecule has 1 amide bonds. The molecule has 0 spiro atoms. The molecule has 1 heterocycles. The van der Waals surface area contributed by atoms with E-state index in [1.165, 1.54) is 12.1 Å². The molecule has 2 aromatic rings. The van der Waals surface area contributed by atoms with Gasteiger partial charge in [-0.2, -0.15) is 0 Å². The Balaban J connectivity index is 2.25. The van der Waals surface area contributed by atoms with Gasteiger partial charge in [-0.25, -0.2) is 9.37 Å². The van der Waals surface area contributed by atoms with E-state index < -0.39 is 5.82 Å². The molecule has 0 aliphatic carbocycles. The lowest BCUT2D eigenvalue weighted by Crippen LogP contribution is -2.15. The van der Waals surface area contributed by atoms with Crippen molar-refractivity contribution in [1.82, 2.24) is 4.98 Å². The summed E-state index contributed by atoms with van der Waals surface area (Å²) < 4.78 is 12.7. The first-order chi connectivity index (χ1) is 8.97. The Morgan fingerprint density at radius 3 is 2.63 bits per heavy atom. The maximum absolute atomic E-state index is 12.7. The molecular weight excluding hydrogens is 245 g/mol. The van der Waals surface area contributed by atoms with Crippen molar-refractivity contribution in [3.8, 4) is 0 Å². The van der Waals surface area contributed by atoms with Crippen LogP contribution >= 0.6 is 0 Å². The van der Waals surface area contributed by atoms with Gasteiger partial charge in [-0.15, -0.1) is 0 Å². The van der Waals surface area contributed by atoms with Crippen molar-refractivity contribution < 1.29 is 9.18 Å². The molecule has 0 atom stereocenters. The second kappa shape index (κ2) is 5.06. The predicted molar refractivity (Wildman–Crippen MR) is 72.5 cm³/mol. The molecule has 0 fully saturated rings. The zero-order valence-corrected chi connectivity index (χ0v) is 10.7. The average Bonchev–Trinajstić information content (AvgIpc) is 2.36. The quantitative estimate of drug-likeness (QED) is 0.815. The van der Waals surface area contributed by atoms with Gasteiger partial charge in [0.05, 0.1) is 6.20 Å². The SMILES string of the molecule is Cc1cc(C)c(C(=O)Nc2ccc(F)cn2)cc1N. The Bertz CT molecular complexity index is 623. The molecule has 0 aliphatic rings. The molecule has 2 rings (SSSR count). The molecule has 0 saturated heterocycles. The summed E-state index contributed by atoms with van der Waals surface area (Å²) in [7, 11) is 0. The second-order valence-electron chi connectivity index (χ2n) is 4.34. The standard InChI is InChI=1S/C14H14FN3O/c1-8-5-9(2)12(16)6-11(8)14(19)18-13-4-3-10(15)7-17-13/h3-7H,16H2,1-2H3,(H,17,18,19). The molecule has 3 N–H and O–H groups in total. The zero-order valence-electron chi connectivity index (χ0n) is 10.7. The van der Waals surface area contributed by atoms with E-state index in [-0.39, 0.29) is 5.91 Å². The highest BCUT2D eigenvalue weighted by molar-refractivity contribution is 6.05. The van der Waals surface area contributed by atoms with Crippen molar-refractivity contribution in [2.75, 3.05) is 11.1 Å². The molecule has 0 bridgehead atoms. The van der Waals surface area contributed by atoms with Crippen LogP contribution in [0.1, 0.15) is 21.5 Å². The summed E-state index contributed by atoms with van der Waals surface area (Å²) in [5, 5.41) is 2.60. The van der Waals surface area contributed by atoms with Gasteiger partial charge in [0.25, 0.3) is 5.91 Å². The van der Waals surface area contributed by atoms with E-state index in [0.717, 1.165) is 17.3 Å². The van der Waals surface area contributed by atoms with Gasteiger partial charge in [-0.1, -0.05) is 6.07 Å². The van der Waals surface area contributed by atoms with E-state index in [1.54, 1.807) is 6.07 Å². The minimum Gasteiger partial charge on any atom is -0.398 e. The van der Waals surface area contributed by atoms with Crippen LogP contribution in [-0.4, -0.2) is 10.9 Å². The molecular formula is C14H14FN3O. The summed E-state index contributed by atoms with van der Waals surface area (Å²) in [6, 6.07) is 6.12.